The molecule has 2 N–H and O–H groups in total. The lowest BCUT2D eigenvalue weighted by atomic mass is 9.55. The number of nitrogens with zero attached hydrogens (tertiary/aromatic N) is 1. The number of ether oxygens (including phenoxy) is 1. The number of fused-ring (bicyclic) bond motifs is 5. The minimum atomic E-state index is -0.234. The highest BCUT2D eigenvalue weighted by atomic mass is 16.5. The van der Waals surface area contributed by atoms with Gasteiger partial charge in [0.05, 0.1) is 0 Å². The average Bonchev–Trinajstić information content (AvgIpc) is 3.13. The maximum atomic E-state index is 13.0. The number of hydrogen-bond acceptors (Lipinski definition) is 4. The van der Waals surface area contributed by atoms with E-state index in [1.807, 2.05) is 41.2 Å². The molecule has 0 aliphatic heterocycles. The van der Waals surface area contributed by atoms with Crippen LogP contribution in [0.4, 0.5) is 0 Å². The van der Waals surface area contributed by atoms with Gasteiger partial charge in [0.15, 0.2) is 18.9 Å². The Morgan fingerprint density at radius 1 is 1.22 bits per heavy atom. The first-order chi connectivity index (χ1) is 15.5. The quantitative estimate of drug-likeness (QED) is 0.546. The van der Waals surface area contributed by atoms with E-state index in [4.69, 9.17) is 9.84 Å². The Kier molecular flexibility index (Phi) is 5.70. The van der Waals surface area contributed by atoms with Gasteiger partial charge in [-0.05, 0) is 85.6 Å². The number of aliphatic hydroxyl groups is 1. The Balaban J connectivity index is 1.31. The SMILES string of the molecule is C[C@]12CC[C@@H]3c4ccc(O)cc4CC[C@H]3[C@@H]1CC[C@@H]2OC(=O)c1ccc[n+](CCCO)c1. The molecule has 5 rings (SSSR count). The summed E-state index contributed by atoms with van der Waals surface area (Å²) in [6.45, 7) is 3.16. The molecule has 0 saturated heterocycles. The molecule has 3 aliphatic carbocycles. The van der Waals surface area contributed by atoms with Gasteiger partial charge in [-0.25, -0.2) is 9.36 Å². The Morgan fingerprint density at radius 3 is 2.94 bits per heavy atom. The maximum Gasteiger partial charge on any atom is 0.344 e. The van der Waals surface area contributed by atoms with Crippen LogP contribution in [0.25, 0.3) is 0 Å². The summed E-state index contributed by atoms with van der Waals surface area (Å²) in [5, 5.41) is 19.0. The van der Waals surface area contributed by atoms with E-state index in [0.29, 0.717) is 42.0 Å². The number of rotatable bonds is 5. The van der Waals surface area contributed by atoms with Crippen LogP contribution < -0.4 is 4.57 Å². The van der Waals surface area contributed by atoms with Crippen molar-refractivity contribution < 1.29 is 24.3 Å². The molecule has 5 nitrogen and oxygen atoms in total. The summed E-state index contributed by atoms with van der Waals surface area (Å²) in [5.74, 6) is 1.90. The summed E-state index contributed by atoms with van der Waals surface area (Å²) in [5.41, 5.74) is 3.36. The monoisotopic (exact) mass is 436 g/mol. The first-order valence-corrected chi connectivity index (χ1v) is 12.1. The summed E-state index contributed by atoms with van der Waals surface area (Å²) in [4.78, 5) is 13.0. The van der Waals surface area contributed by atoms with E-state index in [-0.39, 0.29) is 24.1 Å². The highest BCUT2D eigenvalue weighted by Gasteiger charge is 2.56. The lowest BCUT2D eigenvalue weighted by Crippen LogP contribution is -2.45. The van der Waals surface area contributed by atoms with Crippen molar-refractivity contribution in [1.29, 1.82) is 0 Å². The molecule has 2 saturated carbocycles. The molecule has 1 aromatic heterocycles. The molecule has 0 bridgehead atoms. The number of benzene rings is 1. The molecule has 5 atom stereocenters. The Morgan fingerprint density at radius 2 is 2.09 bits per heavy atom. The smallest absolute Gasteiger partial charge is 0.344 e. The van der Waals surface area contributed by atoms with E-state index in [2.05, 4.69) is 13.0 Å². The van der Waals surface area contributed by atoms with Crippen LogP contribution in [0, 0.1) is 17.3 Å². The van der Waals surface area contributed by atoms with Gasteiger partial charge < -0.3 is 14.9 Å². The number of carbonyl (C=O) groups excluding carboxylic acids is 1. The molecular weight excluding hydrogens is 402 g/mol. The summed E-state index contributed by atoms with van der Waals surface area (Å²) in [6.07, 6.45) is 10.8. The minimum absolute atomic E-state index is 0.0340. The van der Waals surface area contributed by atoms with Crippen molar-refractivity contribution in [2.75, 3.05) is 6.61 Å². The molecule has 0 unspecified atom stereocenters. The number of esters is 1. The molecule has 1 aromatic carbocycles. The van der Waals surface area contributed by atoms with Crippen LogP contribution in [-0.2, 0) is 17.7 Å². The molecule has 1 heterocycles. The van der Waals surface area contributed by atoms with E-state index in [1.165, 1.54) is 11.1 Å². The van der Waals surface area contributed by atoms with Crippen LogP contribution in [0.3, 0.4) is 0 Å². The second-order valence-electron chi connectivity index (χ2n) is 10.2. The van der Waals surface area contributed by atoms with E-state index in [0.717, 1.165) is 38.5 Å². The fourth-order valence-corrected chi connectivity index (χ4v) is 6.95. The number of pyridine rings is 1. The van der Waals surface area contributed by atoms with Crippen molar-refractivity contribution in [3.63, 3.8) is 0 Å². The molecule has 2 fully saturated rings. The van der Waals surface area contributed by atoms with Crippen LogP contribution in [0.1, 0.15) is 72.9 Å². The predicted octanol–water partition coefficient (Wildman–Crippen LogP) is 4.14. The van der Waals surface area contributed by atoms with Gasteiger partial charge in [-0.15, -0.1) is 0 Å². The van der Waals surface area contributed by atoms with Crippen LogP contribution in [0.5, 0.6) is 5.75 Å². The van der Waals surface area contributed by atoms with Crippen molar-refractivity contribution in [3.05, 3.63) is 59.4 Å². The normalized spacial score (nSPS) is 30.8. The van der Waals surface area contributed by atoms with Crippen molar-refractivity contribution >= 4 is 5.97 Å². The van der Waals surface area contributed by atoms with Crippen LogP contribution in [0.15, 0.2) is 42.7 Å². The second-order valence-corrected chi connectivity index (χ2v) is 10.2. The van der Waals surface area contributed by atoms with Crippen LogP contribution >= 0.6 is 0 Å². The molecule has 0 radical (unpaired) electrons. The summed E-state index contributed by atoms with van der Waals surface area (Å²) in [7, 11) is 0. The third-order valence-electron chi connectivity index (χ3n) is 8.54. The van der Waals surface area contributed by atoms with E-state index < -0.39 is 0 Å². The first-order valence-electron chi connectivity index (χ1n) is 12.1. The zero-order valence-electron chi connectivity index (χ0n) is 18.9. The highest BCUT2D eigenvalue weighted by Crippen LogP contribution is 2.61. The number of phenols is 1. The van der Waals surface area contributed by atoms with Gasteiger partial charge in [0.25, 0.3) is 0 Å². The van der Waals surface area contributed by atoms with Crippen LogP contribution in [-0.4, -0.2) is 28.9 Å². The maximum absolute atomic E-state index is 13.0. The summed E-state index contributed by atoms with van der Waals surface area (Å²) in [6, 6.07) is 9.61. The fraction of sp³-hybridized carbons (Fsp3) is 0.556. The standard InChI is InChI=1S/C27H33NO4/c1-27-12-11-22-21-8-6-20(30)16-18(21)5-7-23(22)24(27)9-10-25(27)32-26(31)19-4-2-13-28(17-19)14-3-15-29/h2,4,6,8,13,16-17,22-25,29H,3,5,7,9-12,14-15H2,1H3/p+1/t22-,23-,24+,25+,27+/m1/s1. The number of phenolic OH excluding ortho intramolecular Hbond substituents is 1. The lowest BCUT2D eigenvalue weighted by Gasteiger charge is -2.50. The summed E-state index contributed by atoms with van der Waals surface area (Å²) < 4.78 is 8.10. The number of aliphatic hydroxyl groups excluding tert-OH is 1. The van der Waals surface area contributed by atoms with Gasteiger partial charge in [-0.3, -0.25) is 0 Å². The number of aryl methyl sites for hydroxylation is 2. The fourth-order valence-electron chi connectivity index (χ4n) is 6.95. The second kappa shape index (κ2) is 8.51. The molecule has 3 aliphatic rings. The van der Waals surface area contributed by atoms with Gasteiger partial charge in [0.2, 0.25) is 0 Å². The number of aromatic hydroxyl groups is 1. The Bertz CT molecular complexity index is 1000. The molecule has 32 heavy (non-hydrogen) atoms. The average molecular weight is 437 g/mol. The molecule has 5 heteroatoms. The molecular formula is C27H34NO4+. The zero-order valence-corrected chi connectivity index (χ0v) is 18.9. The number of hydrogen-bond donors (Lipinski definition) is 2. The first kappa shape index (κ1) is 21.4. The van der Waals surface area contributed by atoms with Crippen LogP contribution in [0.2, 0.25) is 0 Å². The molecule has 2 aromatic rings. The van der Waals surface area contributed by atoms with Gasteiger partial charge in [-0.1, -0.05) is 13.0 Å². The lowest BCUT2D eigenvalue weighted by molar-refractivity contribution is -0.697. The topological polar surface area (TPSA) is 70.6 Å². The Hall–Kier alpha value is -2.40. The van der Waals surface area contributed by atoms with Gasteiger partial charge in [0.1, 0.15) is 17.4 Å². The van der Waals surface area contributed by atoms with Crippen molar-refractivity contribution in [2.45, 2.75) is 70.4 Å². The third kappa shape index (κ3) is 3.71. The molecule has 0 spiro atoms. The number of aromatic nitrogens is 1. The van der Waals surface area contributed by atoms with Gasteiger partial charge in [-0.2, -0.15) is 0 Å². The van der Waals surface area contributed by atoms with Gasteiger partial charge in [0, 0.05) is 24.5 Å². The van der Waals surface area contributed by atoms with E-state index >= 15 is 0 Å². The van der Waals surface area contributed by atoms with E-state index in [9.17, 15) is 9.90 Å². The molecule has 170 valence electrons. The van der Waals surface area contributed by atoms with Crippen molar-refractivity contribution in [1.82, 2.24) is 0 Å². The largest absolute Gasteiger partial charge is 0.508 e. The van der Waals surface area contributed by atoms with E-state index in [1.54, 1.807) is 0 Å². The predicted molar refractivity (Wildman–Crippen MR) is 120 cm³/mol. The van der Waals surface area contributed by atoms with Crippen molar-refractivity contribution in [2.24, 2.45) is 17.3 Å². The zero-order chi connectivity index (χ0) is 22.3. The molecule has 0 amide bonds. The Labute approximate surface area is 190 Å². The highest BCUT2D eigenvalue weighted by molar-refractivity contribution is 5.88. The summed E-state index contributed by atoms with van der Waals surface area (Å²) >= 11 is 0. The number of carbonyl (C=O) groups is 1. The van der Waals surface area contributed by atoms with Gasteiger partial charge >= 0.3 is 5.97 Å². The minimum Gasteiger partial charge on any atom is -0.508 e. The third-order valence-corrected chi connectivity index (χ3v) is 8.54. The van der Waals surface area contributed by atoms with Crippen molar-refractivity contribution in [3.8, 4) is 5.75 Å².